The van der Waals surface area contributed by atoms with Crippen LogP contribution in [0.2, 0.25) is 0 Å². The van der Waals surface area contributed by atoms with Gasteiger partial charge >= 0.3 is 0 Å². The molecule has 4 nitrogen and oxygen atoms in total. The van der Waals surface area contributed by atoms with Crippen molar-refractivity contribution in [3.63, 3.8) is 0 Å². The van der Waals surface area contributed by atoms with Crippen molar-refractivity contribution in [2.24, 2.45) is 17.6 Å². The van der Waals surface area contributed by atoms with Crippen LogP contribution in [-0.2, 0) is 9.53 Å². The zero-order valence-corrected chi connectivity index (χ0v) is 10.5. The Labute approximate surface area is 97.9 Å². The quantitative estimate of drug-likeness (QED) is 0.735. The molecule has 4 atom stereocenters. The molecule has 0 aliphatic carbocycles. The van der Waals surface area contributed by atoms with E-state index in [1.165, 1.54) is 0 Å². The van der Waals surface area contributed by atoms with Gasteiger partial charge in [0.2, 0.25) is 5.91 Å². The molecule has 4 heteroatoms. The van der Waals surface area contributed by atoms with E-state index in [4.69, 9.17) is 10.5 Å². The molecule has 1 amide bonds. The van der Waals surface area contributed by atoms with Crippen molar-refractivity contribution in [2.45, 2.75) is 45.8 Å². The molecule has 0 spiro atoms. The summed E-state index contributed by atoms with van der Waals surface area (Å²) >= 11 is 0. The predicted molar refractivity (Wildman–Crippen MR) is 64.0 cm³/mol. The van der Waals surface area contributed by atoms with Crippen molar-refractivity contribution >= 4 is 5.91 Å². The normalized spacial score (nSPS) is 28.8. The summed E-state index contributed by atoms with van der Waals surface area (Å²) < 4.78 is 5.44. The smallest absolute Gasteiger partial charge is 0.237 e. The van der Waals surface area contributed by atoms with Gasteiger partial charge in [-0.3, -0.25) is 4.79 Å². The lowest BCUT2D eigenvalue weighted by Gasteiger charge is -2.20. The largest absolute Gasteiger partial charge is 0.378 e. The fourth-order valence-electron chi connectivity index (χ4n) is 1.91. The van der Waals surface area contributed by atoms with Gasteiger partial charge in [0.25, 0.3) is 0 Å². The van der Waals surface area contributed by atoms with Gasteiger partial charge in [-0.2, -0.15) is 0 Å². The second kappa shape index (κ2) is 6.21. The number of rotatable bonds is 5. The second-order valence-electron chi connectivity index (χ2n) is 4.78. The minimum Gasteiger partial charge on any atom is -0.378 e. The van der Waals surface area contributed by atoms with E-state index in [9.17, 15) is 4.79 Å². The average Bonchev–Trinajstić information content (AvgIpc) is 2.69. The number of hydrogen-bond acceptors (Lipinski definition) is 3. The first-order chi connectivity index (χ1) is 7.56. The molecule has 1 aliphatic heterocycles. The molecule has 2 unspecified atom stereocenters. The van der Waals surface area contributed by atoms with Gasteiger partial charge in [-0.05, 0) is 19.3 Å². The standard InChI is InChI=1S/C12H24N2O2/c1-4-8(2)11(13)12(15)14-7-10-5-6-16-9(10)3/h8-11H,4-7,13H2,1-3H3,(H,14,15)/t8-,9?,10?,11-/m0/s1. The van der Waals surface area contributed by atoms with E-state index in [-0.39, 0.29) is 24.0 Å². The third-order valence-corrected chi connectivity index (χ3v) is 3.63. The molecule has 0 aromatic carbocycles. The van der Waals surface area contributed by atoms with Crippen LogP contribution >= 0.6 is 0 Å². The summed E-state index contributed by atoms with van der Waals surface area (Å²) in [5, 5.41) is 2.93. The Bertz CT molecular complexity index is 233. The second-order valence-corrected chi connectivity index (χ2v) is 4.78. The van der Waals surface area contributed by atoms with Crippen molar-refractivity contribution in [1.82, 2.24) is 5.32 Å². The first-order valence-corrected chi connectivity index (χ1v) is 6.21. The molecule has 94 valence electrons. The Balaban J connectivity index is 2.29. The number of hydrogen-bond donors (Lipinski definition) is 2. The number of amides is 1. The lowest BCUT2D eigenvalue weighted by atomic mass is 9.98. The van der Waals surface area contributed by atoms with E-state index in [1.807, 2.05) is 13.8 Å². The van der Waals surface area contributed by atoms with E-state index in [0.717, 1.165) is 19.4 Å². The monoisotopic (exact) mass is 228 g/mol. The maximum Gasteiger partial charge on any atom is 0.237 e. The van der Waals surface area contributed by atoms with Crippen LogP contribution in [0.4, 0.5) is 0 Å². The predicted octanol–water partition coefficient (Wildman–Crippen LogP) is 0.901. The van der Waals surface area contributed by atoms with E-state index in [0.29, 0.717) is 12.5 Å². The van der Waals surface area contributed by atoms with Gasteiger partial charge in [-0.15, -0.1) is 0 Å². The van der Waals surface area contributed by atoms with Gasteiger partial charge in [0.05, 0.1) is 12.1 Å². The van der Waals surface area contributed by atoms with Gasteiger partial charge < -0.3 is 15.8 Å². The van der Waals surface area contributed by atoms with Crippen LogP contribution in [-0.4, -0.2) is 31.2 Å². The third kappa shape index (κ3) is 3.46. The number of nitrogens with two attached hydrogens (primary N) is 1. The average molecular weight is 228 g/mol. The first kappa shape index (κ1) is 13.5. The zero-order valence-electron chi connectivity index (χ0n) is 10.5. The number of carbonyl (C=O) groups excluding carboxylic acids is 1. The van der Waals surface area contributed by atoms with Crippen LogP contribution in [0.3, 0.4) is 0 Å². The van der Waals surface area contributed by atoms with Crippen LogP contribution < -0.4 is 11.1 Å². The molecule has 0 aromatic rings. The maximum absolute atomic E-state index is 11.7. The van der Waals surface area contributed by atoms with E-state index < -0.39 is 0 Å². The van der Waals surface area contributed by atoms with Gasteiger partial charge in [-0.1, -0.05) is 20.3 Å². The van der Waals surface area contributed by atoms with E-state index in [1.54, 1.807) is 0 Å². The highest BCUT2D eigenvalue weighted by Gasteiger charge is 2.26. The van der Waals surface area contributed by atoms with Gasteiger partial charge in [-0.25, -0.2) is 0 Å². The van der Waals surface area contributed by atoms with Gasteiger partial charge in [0.15, 0.2) is 0 Å². The molecule has 0 radical (unpaired) electrons. The van der Waals surface area contributed by atoms with Crippen LogP contribution in [0, 0.1) is 11.8 Å². The lowest BCUT2D eigenvalue weighted by molar-refractivity contribution is -0.123. The molecule has 0 saturated carbocycles. The molecule has 3 N–H and O–H groups in total. The summed E-state index contributed by atoms with van der Waals surface area (Å²) in [6, 6.07) is -0.386. The highest BCUT2D eigenvalue weighted by Crippen LogP contribution is 2.19. The molecular formula is C12H24N2O2. The molecule has 0 aromatic heterocycles. The molecule has 1 fully saturated rings. The number of ether oxygens (including phenoxy) is 1. The molecular weight excluding hydrogens is 204 g/mol. The SMILES string of the molecule is CC[C@H](C)[C@H](N)C(=O)NCC1CCOC1C. The number of nitrogens with one attached hydrogen (secondary N) is 1. The third-order valence-electron chi connectivity index (χ3n) is 3.63. The van der Waals surface area contributed by atoms with Crippen LogP contribution in [0.5, 0.6) is 0 Å². The Morgan fingerprint density at radius 2 is 2.31 bits per heavy atom. The summed E-state index contributed by atoms with van der Waals surface area (Å²) in [5.74, 6) is 0.638. The zero-order chi connectivity index (χ0) is 12.1. The number of carbonyl (C=O) groups is 1. The van der Waals surface area contributed by atoms with Crippen LogP contribution in [0.25, 0.3) is 0 Å². The highest BCUT2D eigenvalue weighted by atomic mass is 16.5. The fourth-order valence-corrected chi connectivity index (χ4v) is 1.91. The Morgan fingerprint density at radius 1 is 1.62 bits per heavy atom. The van der Waals surface area contributed by atoms with Crippen molar-refractivity contribution in [3.8, 4) is 0 Å². The fraction of sp³-hybridized carbons (Fsp3) is 0.917. The lowest BCUT2D eigenvalue weighted by Crippen LogP contribution is -2.46. The summed E-state index contributed by atoms with van der Waals surface area (Å²) in [7, 11) is 0. The summed E-state index contributed by atoms with van der Waals surface area (Å²) in [6.07, 6.45) is 2.21. The van der Waals surface area contributed by atoms with Crippen molar-refractivity contribution in [1.29, 1.82) is 0 Å². The Morgan fingerprint density at radius 3 is 2.81 bits per heavy atom. The maximum atomic E-state index is 11.7. The van der Waals surface area contributed by atoms with Crippen LogP contribution in [0.15, 0.2) is 0 Å². The topological polar surface area (TPSA) is 64.4 Å². The molecule has 1 aliphatic rings. The van der Waals surface area contributed by atoms with Crippen LogP contribution in [0.1, 0.15) is 33.6 Å². The first-order valence-electron chi connectivity index (χ1n) is 6.21. The molecule has 0 bridgehead atoms. The molecule has 1 heterocycles. The Kier molecular flexibility index (Phi) is 5.22. The van der Waals surface area contributed by atoms with Crippen molar-refractivity contribution in [3.05, 3.63) is 0 Å². The highest BCUT2D eigenvalue weighted by molar-refractivity contribution is 5.81. The van der Waals surface area contributed by atoms with Gasteiger partial charge in [0, 0.05) is 19.1 Å². The van der Waals surface area contributed by atoms with Gasteiger partial charge in [0.1, 0.15) is 0 Å². The summed E-state index contributed by atoms with van der Waals surface area (Å²) in [4.78, 5) is 11.7. The van der Waals surface area contributed by atoms with E-state index >= 15 is 0 Å². The minimum atomic E-state index is -0.386. The van der Waals surface area contributed by atoms with Crippen molar-refractivity contribution in [2.75, 3.05) is 13.2 Å². The summed E-state index contributed by atoms with van der Waals surface area (Å²) in [5.41, 5.74) is 5.85. The van der Waals surface area contributed by atoms with E-state index in [2.05, 4.69) is 12.2 Å². The molecule has 1 rings (SSSR count). The minimum absolute atomic E-state index is 0.0338. The Hall–Kier alpha value is -0.610. The molecule has 16 heavy (non-hydrogen) atoms. The molecule has 1 saturated heterocycles. The summed E-state index contributed by atoms with van der Waals surface area (Å²) in [6.45, 7) is 7.60. The van der Waals surface area contributed by atoms with Crippen molar-refractivity contribution < 1.29 is 9.53 Å².